The summed E-state index contributed by atoms with van der Waals surface area (Å²) in [6.07, 6.45) is -5.99. The summed E-state index contributed by atoms with van der Waals surface area (Å²) in [4.78, 5) is 0. The highest BCUT2D eigenvalue weighted by Crippen LogP contribution is 2.17. The summed E-state index contributed by atoms with van der Waals surface area (Å²) in [7, 11) is 0. The monoisotopic (exact) mass is 215 g/mol. The smallest absolute Gasteiger partial charge is 0.135 e. The van der Waals surface area contributed by atoms with Gasteiger partial charge in [-0.05, 0) is 0 Å². The molecule has 1 aliphatic rings. The SMILES string of the molecule is Cl.N[C@@H]1O[C@H](CO)[C@@H](O)[C@H](O)[C@@H]1O. The number of hydrogen-bond acceptors (Lipinski definition) is 6. The topological polar surface area (TPSA) is 116 Å². The standard InChI is InChI=1S/C6H13NO5.ClH/c7-6-5(11)4(10)3(9)2(1-8)12-6;/h2-6,8-11H,1,7H2;1H/t2-,3-,4+,5+,6-;/m1./s1. The van der Waals surface area contributed by atoms with E-state index in [9.17, 15) is 5.11 Å². The number of aliphatic hydroxyl groups excluding tert-OH is 4. The van der Waals surface area contributed by atoms with Crippen molar-refractivity contribution in [1.29, 1.82) is 0 Å². The molecule has 1 heterocycles. The van der Waals surface area contributed by atoms with E-state index in [1.165, 1.54) is 0 Å². The second-order valence-electron chi connectivity index (χ2n) is 2.79. The van der Waals surface area contributed by atoms with Crippen LogP contribution in [-0.2, 0) is 4.74 Å². The van der Waals surface area contributed by atoms with Gasteiger partial charge in [-0.1, -0.05) is 0 Å². The van der Waals surface area contributed by atoms with Gasteiger partial charge in [0, 0.05) is 0 Å². The number of rotatable bonds is 1. The van der Waals surface area contributed by atoms with Gasteiger partial charge in [-0.15, -0.1) is 12.4 Å². The van der Waals surface area contributed by atoms with Gasteiger partial charge in [0.1, 0.15) is 30.6 Å². The Labute approximate surface area is 81.3 Å². The molecule has 0 aromatic carbocycles. The van der Waals surface area contributed by atoms with E-state index in [1.54, 1.807) is 0 Å². The van der Waals surface area contributed by atoms with Gasteiger partial charge in [0.25, 0.3) is 0 Å². The molecular weight excluding hydrogens is 202 g/mol. The second-order valence-corrected chi connectivity index (χ2v) is 2.79. The predicted molar refractivity (Wildman–Crippen MR) is 45.2 cm³/mol. The van der Waals surface area contributed by atoms with Crippen LogP contribution in [0.4, 0.5) is 0 Å². The first-order valence-electron chi connectivity index (χ1n) is 3.64. The number of ether oxygens (including phenoxy) is 1. The van der Waals surface area contributed by atoms with Crippen molar-refractivity contribution in [3.05, 3.63) is 0 Å². The molecule has 1 saturated heterocycles. The third kappa shape index (κ3) is 2.50. The molecule has 0 aromatic rings. The van der Waals surface area contributed by atoms with Crippen LogP contribution in [0.5, 0.6) is 0 Å². The Morgan fingerprint density at radius 1 is 1.08 bits per heavy atom. The van der Waals surface area contributed by atoms with Gasteiger partial charge in [0.05, 0.1) is 6.61 Å². The highest BCUT2D eigenvalue weighted by atomic mass is 35.5. The van der Waals surface area contributed by atoms with E-state index >= 15 is 0 Å². The Kier molecular flexibility index (Phi) is 5.08. The van der Waals surface area contributed by atoms with E-state index in [0.29, 0.717) is 0 Å². The second kappa shape index (κ2) is 5.06. The van der Waals surface area contributed by atoms with Gasteiger partial charge < -0.3 is 30.9 Å². The molecule has 13 heavy (non-hydrogen) atoms. The zero-order chi connectivity index (χ0) is 9.30. The van der Waals surface area contributed by atoms with E-state index in [4.69, 9.17) is 25.8 Å². The fraction of sp³-hybridized carbons (Fsp3) is 1.00. The number of aliphatic hydroxyl groups is 4. The van der Waals surface area contributed by atoms with Crippen LogP contribution in [0.25, 0.3) is 0 Å². The lowest BCUT2D eigenvalue weighted by Crippen LogP contribution is -2.61. The van der Waals surface area contributed by atoms with Crippen LogP contribution in [0.1, 0.15) is 0 Å². The van der Waals surface area contributed by atoms with Crippen molar-refractivity contribution in [2.24, 2.45) is 5.73 Å². The first-order valence-corrected chi connectivity index (χ1v) is 3.64. The van der Waals surface area contributed by atoms with E-state index in [2.05, 4.69) is 0 Å². The lowest BCUT2D eigenvalue weighted by atomic mass is 9.99. The minimum atomic E-state index is -1.37. The van der Waals surface area contributed by atoms with Crippen LogP contribution >= 0.6 is 12.4 Å². The molecule has 0 saturated carbocycles. The maximum atomic E-state index is 9.18. The lowest BCUT2D eigenvalue weighted by Gasteiger charge is -2.38. The van der Waals surface area contributed by atoms with E-state index < -0.39 is 37.3 Å². The molecule has 0 aromatic heterocycles. The van der Waals surface area contributed by atoms with Crippen molar-refractivity contribution in [3.63, 3.8) is 0 Å². The molecule has 0 bridgehead atoms. The lowest BCUT2D eigenvalue weighted by molar-refractivity contribution is -0.227. The third-order valence-corrected chi connectivity index (χ3v) is 1.93. The number of halogens is 1. The van der Waals surface area contributed by atoms with Crippen molar-refractivity contribution in [3.8, 4) is 0 Å². The average Bonchev–Trinajstić information content (AvgIpc) is 2.08. The van der Waals surface area contributed by atoms with Crippen molar-refractivity contribution >= 4 is 12.4 Å². The molecule has 0 radical (unpaired) electrons. The number of hydrogen-bond donors (Lipinski definition) is 5. The Bertz CT molecular complexity index is 155. The van der Waals surface area contributed by atoms with Gasteiger partial charge in [-0.3, -0.25) is 0 Å². The first-order chi connectivity index (χ1) is 5.57. The summed E-state index contributed by atoms with van der Waals surface area (Å²) in [6, 6.07) is 0. The maximum Gasteiger partial charge on any atom is 0.135 e. The molecule has 0 spiro atoms. The summed E-state index contributed by atoms with van der Waals surface area (Å²) in [5.74, 6) is 0. The minimum Gasteiger partial charge on any atom is -0.394 e. The molecule has 6 nitrogen and oxygen atoms in total. The molecule has 0 unspecified atom stereocenters. The Morgan fingerprint density at radius 3 is 2.08 bits per heavy atom. The summed E-state index contributed by atoms with van der Waals surface area (Å²) >= 11 is 0. The van der Waals surface area contributed by atoms with Crippen LogP contribution in [-0.4, -0.2) is 57.7 Å². The van der Waals surface area contributed by atoms with Crippen LogP contribution in [0.2, 0.25) is 0 Å². The molecule has 0 amide bonds. The summed E-state index contributed by atoms with van der Waals surface area (Å²) in [5, 5.41) is 36.1. The summed E-state index contributed by atoms with van der Waals surface area (Å²) < 4.78 is 4.80. The quantitative estimate of drug-likeness (QED) is 0.322. The fourth-order valence-corrected chi connectivity index (χ4v) is 1.13. The largest absolute Gasteiger partial charge is 0.394 e. The first kappa shape index (κ1) is 13.1. The van der Waals surface area contributed by atoms with Crippen molar-refractivity contribution < 1.29 is 25.2 Å². The summed E-state index contributed by atoms with van der Waals surface area (Å²) in [5.41, 5.74) is 5.24. The molecule has 1 fully saturated rings. The molecule has 1 rings (SSSR count). The third-order valence-electron chi connectivity index (χ3n) is 1.93. The Balaban J connectivity index is 0.00000144. The van der Waals surface area contributed by atoms with Gasteiger partial charge in [-0.2, -0.15) is 0 Å². The average molecular weight is 216 g/mol. The summed E-state index contributed by atoms with van der Waals surface area (Å²) in [6.45, 7) is -0.446. The molecule has 5 atom stereocenters. The van der Waals surface area contributed by atoms with Gasteiger partial charge in [-0.25, -0.2) is 0 Å². The molecular formula is C6H14ClNO5. The maximum absolute atomic E-state index is 9.18. The van der Waals surface area contributed by atoms with Gasteiger partial charge in [0.15, 0.2) is 0 Å². The zero-order valence-electron chi connectivity index (χ0n) is 6.78. The van der Waals surface area contributed by atoms with Crippen molar-refractivity contribution in [2.75, 3.05) is 6.61 Å². The van der Waals surface area contributed by atoms with Crippen LogP contribution in [0.3, 0.4) is 0 Å². The van der Waals surface area contributed by atoms with Gasteiger partial charge >= 0.3 is 0 Å². The van der Waals surface area contributed by atoms with Crippen LogP contribution in [0.15, 0.2) is 0 Å². The van der Waals surface area contributed by atoms with Crippen molar-refractivity contribution in [1.82, 2.24) is 0 Å². The van der Waals surface area contributed by atoms with Gasteiger partial charge in [0.2, 0.25) is 0 Å². The highest BCUT2D eigenvalue weighted by molar-refractivity contribution is 5.85. The van der Waals surface area contributed by atoms with Crippen LogP contribution in [0, 0.1) is 0 Å². The number of nitrogens with two attached hydrogens (primary N) is 1. The van der Waals surface area contributed by atoms with E-state index in [0.717, 1.165) is 0 Å². The van der Waals surface area contributed by atoms with E-state index in [1.807, 2.05) is 0 Å². The Hall–Kier alpha value is 0.0500. The zero-order valence-corrected chi connectivity index (χ0v) is 7.59. The highest BCUT2D eigenvalue weighted by Gasteiger charge is 2.41. The Morgan fingerprint density at radius 2 is 1.62 bits per heavy atom. The molecule has 80 valence electrons. The van der Waals surface area contributed by atoms with Crippen molar-refractivity contribution in [2.45, 2.75) is 30.6 Å². The predicted octanol–water partition coefficient (Wildman–Crippen LogP) is -2.83. The molecule has 0 aliphatic carbocycles. The normalized spacial score (nSPS) is 45.5. The molecule has 1 aliphatic heterocycles. The van der Waals surface area contributed by atoms with Crippen LogP contribution < -0.4 is 5.73 Å². The minimum absolute atomic E-state index is 0. The molecule has 7 heteroatoms. The fourth-order valence-electron chi connectivity index (χ4n) is 1.13. The van der Waals surface area contributed by atoms with E-state index in [-0.39, 0.29) is 12.4 Å². The molecule has 6 N–H and O–H groups in total.